The van der Waals surface area contributed by atoms with Crippen LogP contribution in [0.25, 0.3) is 44.8 Å². The summed E-state index contributed by atoms with van der Waals surface area (Å²) < 4.78 is 14.0. The maximum atomic E-state index is 8.81. The molecule has 164 valence electrons. The van der Waals surface area contributed by atoms with E-state index < -0.39 is 0 Å². The van der Waals surface area contributed by atoms with Gasteiger partial charge in [0, 0.05) is 6.54 Å². The highest BCUT2D eigenvalue weighted by atomic mass is 16.3. The number of allylic oxidation sites excluding steroid dienone is 6. The van der Waals surface area contributed by atoms with Gasteiger partial charge in [0.05, 0.1) is 36.7 Å². The van der Waals surface area contributed by atoms with Gasteiger partial charge in [-0.3, -0.25) is 0 Å². The van der Waals surface area contributed by atoms with Crippen molar-refractivity contribution in [3.8, 4) is 35.0 Å². The third-order valence-corrected chi connectivity index (χ3v) is 4.69. The molecule has 7 heteroatoms. The molecule has 0 amide bonds. The Morgan fingerprint density at radius 2 is 1.32 bits per heavy atom. The van der Waals surface area contributed by atoms with Gasteiger partial charge in [0.1, 0.15) is 11.5 Å². The highest BCUT2D eigenvalue weighted by Crippen LogP contribution is 2.32. The van der Waals surface area contributed by atoms with Crippen LogP contribution in [0.15, 0.2) is 80.9 Å². The fourth-order valence-corrected chi connectivity index (χ4v) is 3.19. The standard InChI is InChI=1S/C27H19N5O2/c1-4-17-32-24(26-15-11-22(33-26)9-5-7-20(18-28)30-2)13-14-25(32)27-16-12-23(34-27)10-6-8-21(19-29)31-3/h5-16H,4,17H2,1H3/b9-5+,10-6+,20-7-,21-8+. The summed E-state index contributed by atoms with van der Waals surface area (Å²) >= 11 is 0. The molecule has 0 unspecified atom stereocenters. The largest absolute Gasteiger partial charge is 0.455 e. The van der Waals surface area contributed by atoms with E-state index in [-0.39, 0.29) is 11.4 Å². The van der Waals surface area contributed by atoms with Gasteiger partial charge in [0.15, 0.2) is 11.5 Å². The van der Waals surface area contributed by atoms with Crippen molar-refractivity contribution in [1.82, 2.24) is 4.57 Å². The number of nitriles is 2. The zero-order chi connectivity index (χ0) is 24.3. The van der Waals surface area contributed by atoms with Crippen molar-refractivity contribution in [2.45, 2.75) is 19.9 Å². The van der Waals surface area contributed by atoms with Crippen LogP contribution < -0.4 is 0 Å². The molecule has 0 fully saturated rings. The molecule has 0 aliphatic heterocycles. The van der Waals surface area contributed by atoms with Crippen molar-refractivity contribution in [2.24, 2.45) is 0 Å². The topological polar surface area (TPSA) is 87.5 Å². The first kappa shape index (κ1) is 23.4. The lowest BCUT2D eigenvalue weighted by atomic mass is 10.3. The number of nitrogens with zero attached hydrogens (tertiary/aromatic N) is 5. The van der Waals surface area contributed by atoms with Crippen molar-refractivity contribution in [3.05, 3.63) is 106 Å². The molecule has 0 radical (unpaired) electrons. The summed E-state index contributed by atoms with van der Waals surface area (Å²) in [6.45, 7) is 16.7. The quantitative estimate of drug-likeness (QED) is 0.210. The zero-order valence-electron chi connectivity index (χ0n) is 18.4. The second-order valence-corrected chi connectivity index (χ2v) is 6.93. The summed E-state index contributed by atoms with van der Waals surface area (Å²) in [7, 11) is 0. The second-order valence-electron chi connectivity index (χ2n) is 6.93. The average molecular weight is 445 g/mol. The van der Waals surface area contributed by atoms with Crippen LogP contribution in [-0.4, -0.2) is 4.57 Å². The summed E-state index contributed by atoms with van der Waals surface area (Å²) in [5.41, 5.74) is 1.81. The molecule has 0 atom stereocenters. The van der Waals surface area contributed by atoms with E-state index in [1.54, 1.807) is 24.3 Å². The van der Waals surface area contributed by atoms with Crippen molar-refractivity contribution in [1.29, 1.82) is 10.5 Å². The lowest BCUT2D eigenvalue weighted by Gasteiger charge is -2.10. The van der Waals surface area contributed by atoms with Crippen LogP contribution in [0.5, 0.6) is 0 Å². The van der Waals surface area contributed by atoms with Gasteiger partial charge in [0.2, 0.25) is 0 Å². The fraction of sp³-hybridized carbons (Fsp3) is 0.111. The molecule has 0 bridgehead atoms. The van der Waals surface area contributed by atoms with Gasteiger partial charge in [0.25, 0.3) is 11.4 Å². The SMILES string of the molecule is [C-]#[N+]/C(C#N)=C\C=C\c1ccc(-c2ccc(-c3ccc(/C=C/C=C(\C#N)[N+]#[C-])o3)n2CCC)o1. The minimum absolute atomic E-state index is 0.00469. The Labute approximate surface area is 197 Å². The van der Waals surface area contributed by atoms with Crippen molar-refractivity contribution in [3.63, 3.8) is 0 Å². The van der Waals surface area contributed by atoms with Crippen LogP contribution in [0, 0.1) is 35.8 Å². The Bertz CT molecular complexity index is 1320. The Kier molecular flexibility index (Phi) is 7.85. The van der Waals surface area contributed by atoms with Crippen LogP contribution in [0.4, 0.5) is 0 Å². The predicted octanol–water partition coefficient (Wildman–Crippen LogP) is 7.10. The molecule has 34 heavy (non-hydrogen) atoms. The third-order valence-electron chi connectivity index (χ3n) is 4.69. The minimum atomic E-state index is 0.00469. The van der Waals surface area contributed by atoms with Crippen LogP contribution in [0.3, 0.4) is 0 Å². The smallest absolute Gasteiger partial charge is 0.261 e. The highest BCUT2D eigenvalue weighted by molar-refractivity contribution is 5.66. The van der Waals surface area contributed by atoms with Crippen LogP contribution in [-0.2, 0) is 6.54 Å². The molecule has 3 aromatic rings. The molecule has 7 nitrogen and oxygen atoms in total. The molecule has 0 aliphatic carbocycles. The van der Waals surface area contributed by atoms with Gasteiger partial charge in [-0.1, -0.05) is 19.1 Å². The molecule has 0 aliphatic rings. The number of aromatic nitrogens is 1. The summed E-state index contributed by atoms with van der Waals surface area (Å²) in [5.74, 6) is 2.59. The van der Waals surface area contributed by atoms with Gasteiger partial charge in [-0.2, -0.15) is 0 Å². The van der Waals surface area contributed by atoms with E-state index in [2.05, 4.69) is 21.2 Å². The minimum Gasteiger partial charge on any atom is -0.455 e. The first-order valence-corrected chi connectivity index (χ1v) is 10.3. The fourth-order valence-electron chi connectivity index (χ4n) is 3.19. The Morgan fingerprint density at radius 1 is 0.853 bits per heavy atom. The maximum absolute atomic E-state index is 8.81. The number of rotatable bonds is 8. The highest BCUT2D eigenvalue weighted by Gasteiger charge is 2.16. The monoisotopic (exact) mass is 445 g/mol. The van der Waals surface area contributed by atoms with E-state index in [0.29, 0.717) is 23.0 Å². The first-order valence-electron chi connectivity index (χ1n) is 10.3. The molecule has 3 rings (SSSR count). The molecule has 3 heterocycles. The summed E-state index contributed by atoms with van der Waals surface area (Å²) in [6, 6.07) is 15.0. The number of furan rings is 2. The van der Waals surface area contributed by atoms with E-state index in [1.165, 1.54) is 12.2 Å². The molecule has 0 N–H and O–H groups in total. The van der Waals surface area contributed by atoms with Gasteiger partial charge in [-0.25, -0.2) is 20.2 Å². The van der Waals surface area contributed by atoms with Crippen LogP contribution in [0.1, 0.15) is 24.9 Å². The van der Waals surface area contributed by atoms with E-state index in [9.17, 15) is 0 Å². The maximum Gasteiger partial charge on any atom is 0.261 e. The Hall–Kier alpha value is -5.24. The second kappa shape index (κ2) is 11.4. The van der Waals surface area contributed by atoms with E-state index in [4.69, 9.17) is 32.5 Å². The third kappa shape index (κ3) is 5.51. The van der Waals surface area contributed by atoms with Gasteiger partial charge in [-0.15, -0.1) is 0 Å². The number of hydrogen-bond acceptors (Lipinski definition) is 4. The van der Waals surface area contributed by atoms with Gasteiger partial charge in [-0.05, 0) is 67.1 Å². The number of hydrogen-bond donors (Lipinski definition) is 0. The molecule has 0 saturated carbocycles. The van der Waals surface area contributed by atoms with Crippen LogP contribution in [0.2, 0.25) is 0 Å². The van der Waals surface area contributed by atoms with E-state index in [1.807, 2.05) is 48.5 Å². The first-order chi connectivity index (χ1) is 16.6. The van der Waals surface area contributed by atoms with Gasteiger partial charge >= 0.3 is 0 Å². The Balaban J connectivity index is 1.87. The van der Waals surface area contributed by atoms with Gasteiger partial charge < -0.3 is 13.4 Å². The van der Waals surface area contributed by atoms with E-state index >= 15 is 0 Å². The molecular weight excluding hydrogens is 426 g/mol. The molecular formula is C27H19N5O2. The lowest BCUT2D eigenvalue weighted by Crippen LogP contribution is -2.00. The predicted molar refractivity (Wildman–Crippen MR) is 129 cm³/mol. The molecule has 3 aromatic heterocycles. The zero-order valence-corrected chi connectivity index (χ0v) is 18.4. The molecule has 0 spiro atoms. The summed E-state index contributed by atoms with van der Waals surface area (Å²) in [4.78, 5) is 6.22. The molecule has 0 aromatic carbocycles. The molecule has 0 saturated heterocycles. The normalized spacial score (nSPS) is 11.9. The van der Waals surface area contributed by atoms with E-state index in [0.717, 1.165) is 24.4 Å². The Morgan fingerprint density at radius 3 is 1.71 bits per heavy atom. The summed E-state index contributed by atoms with van der Waals surface area (Å²) in [6.07, 6.45) is 10.4. The summed E-state index contributed by atoms with van der Waals surface area (Å²) in [5, 5.41) is 17.6. The average Bonchev–Trinajstić information content (AvgIpc) is 3.60. The van der Waals surface area contributed by atoms with Crippen molar-refractivity contribution < 1.29 is 8.83 Å². The lowest BCUT2D eigenvalue weighted by molar-refractivity contribution is 0.551. The van der Waals surface area contributed by atoms with Crippen molar-refractivity contribution >= 4 is 12.2 Å². The van der Waals surface area contributed by atoms with Crippen LogP contribution >= 0.6 is 0 Å². The van der Waals surface area contributed by atoms with Crippen molar-refractivity contribution in [2.75, 3.05) is 0 Å².